The first-order chi connectivity index (χ1) is 11.7. The van der Waals surface area contributed by atoms with E-state index in [4.69, 9.17) is 9.72 Å². The third-order valence-electron chi connectivity index (χ3n) is 5.74. The van der Waals surface area contributed by atoms with Gasteiger partial charge in [0.15, 0.2) is 0 Å². The lowest BCUT2D eigenvalue weighted by atomic mass is 9.77. The van der Waals surface area contributed by atoms with Crippen LogP contribution in [0, 0.1) is 6.92 Å². The molecule has 2 fully saturated rings. The van der Waals surface area contributed by atoms with Crippen molar-refractivity contribution in [2.24, 2.45) is 0 Å². The fourth-order valence-electron chi connectivity index (χ4n) is 4.49. The second-order valence-electron chi connectivity index (χ2n) is 7.38. The van der Waals surface area contributed by atoms with Gasteiger partial charge in [-0.2, -0.15) is 0 Å². The van der Waals surface area contributed by atoms with Crippen molar-refractivity contribution in [1.82, 2.24) is 19.8 Å². The minimum atomic E-state index is 0.132. The van der Waals surface area contributed by atoms with Gasteiger partial charge in [-0.3, -0.25) is 9.69 Å². The molecule has 0 aromatic carbocycles. The Kier molecular flexibility index (Phi) is 4.26. The molecule has 3 heterocycles. The zero-order chi connectivity index (χ0) is 16.6. The number of hydrogen-bond acceptors (Lipinski definition) is 5. The van der Waals surface area contributed by atoms with Gasteiger partial charge in [-0.15, -0.1) is 0 Å². The zero-order valence-electron chi connectivity index (χ0n) is 14.5. The Labute approximate surface area is 143 Å². The van der Waals surface area contributed by atoms with E-state index < -0.39 is 0 Å². The van der Waals surface area contributed by atoms with E-state index in [1.807, 2.05) is 18.0 Å². The van der Waals surface area contributed by atoms with Gasteiger partial charge >= 0.3 is 0 Å². The molecule has 24 heavy (non-hydrogen) atoms. The molecule has 0 bridgehead atoms. The van der Waals surface area contributed by atoms with E-state index in [0.29, 0.717) is 19.8 Å². The highest BCUT2D eigenvalue weighted by molar-refractivity contribution is 5.78. The topological polar surface area (TPSA) is 58.6 Å². The van der Waals surface area contributed by atoms with E-state index in [1.54, 1.807) is 0 Å². The molecular weight excluding hydrogens is 304 g/mol. The number of hydrogen-bond donors (Lipinski definition) is 0. The molecule has 1 atom stereocenters. The van der Waals surface area contributed by atoms with Gasteiger partial charge in [0.25, 0.3) is 0 Å². The third kappa shape index (κ3) is 2.93. The van der Waals surface area contributed by atoms with Gasteiger partial charge in [0.1, 0.15) is 5.82 Å². The normalized spacial score (nSPS) is 27.5. The summed E-state index contributed by atoms with van der Waals surface area (Å²) in [5.74, 6) is 1.10. The maximum absolute atomic E-state index is 12.6. The van der Waals surface area contributed by atoms with Crippen LogP contribution in [0.3, 0.4) is 0 Å². The Morgan fingerprint density at radius 2 is 2.12 bits per heavy atom. The van der Waals surface area contributed by atoms with Crippen molar-refractivity contribution in [2.75, 3.05) is 45.9 Å². The van der Waals surface area contributed by atoms with Crippen molar-refractivity contribution < 1.29 is 9.53 Å². The molecule has 4 rings (SSSR count). The number of aryl methyl sites for hydroxylation is 2. The fourth-order valence-corrected chi connectivity index (χ4v) is 4.49. The highest BCUT2D eigenvalue weighted by Crippen LogP contribution is 2.43. The van der Waals surface area contributed by atoms with Gasteiger partial charge in [-0.25, -0.2) is 9.97 Å². The summed E-state index contributed by atoms with van der Waals surface area (Å²) < 4.78 is 5.34. The van der Waals surface area contributed by atoms with Gasteiger partial charge in [-0.05, 0) is 44.7 Å². The predicted octanol–water partition coefficient (Wildman–Crippen LogP) is 0.924. The van der Waals surface area contributed by atoms with Crippen molar-refractivity contribution in [1.29, 1.82) is 0 Å². The summed E-state index contributed by atoms with van der Waals surface area (Å²) in [6.45, 7) is 7.25. The predicted molar refractivity (Wildman–Crippen MR) is 89.8 cm³/mol. The number of carbonyl (C=O) groups excluding carboxylic acids is 1. The van der Waals surface area contributed by atoms with Gasteiger partial charge in [0, 0.05) is 31.2 Å². The first-order valence-electron chi connectivity index (χ1n) is 9.07. The average Bonchev–Trinajstić information content (AvgIpc) is 2.93. The van der Waals surface area contributed by atoms with E-state index in [9.17, 15) is 4.79 Å². The minimum absolute atomic E-state index is 0.132. The smallest absolute Gasteiger partial charge is 0.236 e. The molecule has 1 aliphatic carbocycles. The number of ether oxygens (including phenoxy) is 1. The van der Waals surface area contributed by atoms with E-state index >= 15 is 0 Å². The number of fused-ring (bicyclic) bond motifs is 2. The van der Waals surface area contributed by atoms with Crippen LogP contribution in [0.25, 0.3) is 0 Å². The van der Waals surface area contributed by atoms with Crippen LogP contribution in [0.2, 0.25) is 0 Å². The number of aromatic nitrogens is 2. The van der Waals surface area contributed by atoms with Crippen LogP contribution in [0.5, 0.6) is 0 Å². The van der Waals surface area contributed by atoms with Crippen molar-refractivity contribution in [3.8, 4) is 0 Å². The molecule has 1 unspecified atom stereocenters. The minimum Gasteiger partial charge on any atom is -0.378 e. The standard InChI is InChI=1S/C18H26N4O2/c1-14-19-11-15-3-5-18(17(15)20-14)4-2-6-21(13-18)12-16(23)22-7-9-24-10-8-22/h11H,2-10,12-13H2,1H3. The van der Waals surface area contributed by atoms with E-state index in [1.165, 1.54) is 17.7 Å². The second-order valence-corrected chi connectivity index (χ2v) is 7.38. The van der Waals surface area contributed by atoms with Crippen LogP contribution < -0.4 is 0 Å². The molecular formula is C18H26N4O2. The van der Waals surface area contributed by atoms with Crippen LogP contribution in [0.1, 0.15) is 36.3 Å². The maximum Gasteiger partial charge on any atom is 0.236 e. The van der Waals surface area contributed by atoms with E-state index in [0.717, 1.165) is 51.3 Å². The lowest BCUT2D eigenvalue weighted by Gasteiger charge is -2.41. The first-order valence-corrected chi connectivity index (χ1v) is 9.07. The zero-order valence-corrected chi connectivity index (χ0v) is 14.5. The SMILES string of the molecule is Cc1ncc2c(n1)C1(CCCN(CC(=O)N3CCOCC3)C1)CC2. The van der Waals surface area contributed by atoms with Crippen LogP contribution in [-0.2, 0) is 21.4 Å². The van der Waals surface area contributed by atoms with Crippen molar-refractivity contribution in [3.63, 3.8) is 0 Å². The van der Waals surface area contributed by atoms with Crippen LogP contribution in [0.4, 0.5) is 0 Å². The largest absolute Gasteiger partial charge is 0.378 e. The van der Waals surface area contributed by atoms with Crippen LogP contribution >= 0.6 is 0 Å². The highest BCUT2D eigenvalue weighted by atomic mass is 16.5. The molecule has 0 N–H and O–H groups in total. The summed E-state index contributed by atoms with van der Waals surface area (Å²) in [4.78, 5) is 26.0. The average molecular weight is 330 g/mol. The van der Waals surface area contributed by atoms with Crippen LogP contribution in [-0.4, -0.2) is 71.6 Å². The molecule has 3 aliphatic rings. The van der Waals surface area contributed by atoms with Crippen molar-refractivity contribution in [2.45, 2.75) is 38.0 Å². The Hall–Kier alpha value is -1.53. The lowest BCUT2D eigenvalue weighted by molar-refractivity contribution is -0.137. The number of piperidine rings is 1. The number of amides is 1. The van der Waals surface area contributed by atoms with Gasteiger partial charge in [0.2, 0.25) is 5.91 Å². The molecule has 1 aromatic rings. The molecule has 6 nitrogen and oxygen atoms in total. The molecule has 1 spiro atoms. The van der Waals surface area contributed by atoms with Crippen LogP contribution in [0.15, 0.2) is 6.20 Å². The molecule has 2 aliphatic heterocycles. The van der Waals surface area contributed by atoms with E-state index in [-0.39, 0.29) is 11.3 Å². The maximum atomic E-state index is 12.6. The number of likely N-dealkylation sites (tertiary alicyclic amines) is 1. The first kappa shape index (κ1) is 16.0. The number of morpholine rings is 1. The molecule has 6 heteroatoms. The van der Waals surface area contributed by atoms with Gasteiger partial charge in [0.05, 0.1) is 25.5 Å². The molecule has 2 saturated heterocycles. The quantitative estimate of drug-likeness (QED) is 0.807. The Bertz CT molecular complexity index is 625. The Morgan fingerprint density at radius 1 is 1.29 bits per heavy atom. The number of rotatable bonds is 2. The molecule has 0 saturated carbocycles. The summed E-state index contributed by atoms with van der Waals surface area (Å²) in [6.07, 6.45) is 6.53. The summed E-state index contributed by atoms with van der Waals surface area (Å²) in [5.41, 5.74) is 2.69. The number of nitrogens with zero attached hydrogens (tertiary/aromatic N) is 4. The lowest BCUT2D eigenvalue weighted by Crippen LogP contribution is -2.51. The summed E-state index contributed by atoms with van der Waals surface area (Å²) in [7, 11) is 0. The van der Waals surface area contributed by atoms with Crippen molar-refractivity contribution in [3.05, 3.63) is 23.3 Å². The van der Waals surface area contributed by atoms with E-state index in [2.05, 4.69) is 9.88 Å². The molecule has 0 radical (unpaired) electrons. The number of carbonyl (C=O) groups is 1. The summed E-state index contributed by atoms with van der Waals surface area (Å²) in [6, 6.07) is 0. The van der Waals surface area contributed by atoms with Crippen molar-refractivity contribution >= 4 is 5.91 Å². The summed E-state index contributed by atoms with van der Waals surface area (Å²) in [5, 5.41) is 0. The monoisotopic (exact) mass is 330 g/mol. The molecule has 1 aromatic heterocycles. The second kappa shape index (κ2) is 6.41. The molecule has 1 amide bonds. The fraction of sp³-hybridized carbons (Fsp3) is 0.722. The Balaban J connectivity index is 1.47. The third-order valence-corrected chi connectivity index (χ3v) is 5.74. The molecule has 130 valence electrons. The summed E-state index contributed by atoms with van der Waals surface area (Å²) >= 11 is 0. The van der Waals surface area contributed by atoms with Gasteiger partial charge in [-0.1, -0.05) is 0 Å². The van der Waals surface area contributed by atoms with Gasteiger partial charge < -0.3 is 9.64 Å². The Morgan fingerprint density at radius 3 is 2.96 bits per heavy atom. The highest BCUT2D eigenvalue weighted by Gasteiger charge is 2.43.